The van der Waals surface area contributed by atoms with Gasteiger partial charge in [-0.25, -0.2) is 9.87 Å². The Morgan fingerprint density at radius 1 is 1.24 bits per heavy atom. The minimum Gasteiger partial charge on any atom is -0.496 e. The highest BCUT2D eigenvalue weighted by Gasteiger charge is 2.25. The molecular formula is C12H18FNO3. The van der Waals surface area contributed by atoms with Gasteiger partial charge in [-0.05, 0) is 19.9 Å². The van der Waals surface area contributed by atoms with Crippen LogP contribution in [-0.2, 0) is 12.2 Å². The topological polar surface area (TPSA) is 50.7 Å². The Bertz CT molecular complexity index is 388. The van der Waals surface area contributed by atoms with Crippen LogP contribution in [0, 0.1) is 0 Å². The number of alkyl halides is 1. The van der Waals surface area contributed by atoms with Crippen molar-refractivity contribution in [1.29, 1.82) is 0 Å². The van der Waals surface area contributed by atoms with E-state index in [1.165, 1.54) is 28.1 Å². The summed E-state index contributed by atoms with van der Waals surface area (Å²) in [7, 11) is 2.99. The Balaban J connectivity index is 3.34. The maximum absolute atomic E-state index is 14.0. The second kappa shape index (κ2) is 5.33. The molecule has 0 saturated heterocycles. The van der Waals surface area contributed by atoms with Gasteiger partial charge in [0.1, 0.15) is 17.2 Å². The van der Waals surface area contributed by atoms with E-state index >= 15 is 0 Å². The summed E-state index contributed by atoms with van der Waals surface area (Å²) in [5, 5.41) is 8.73. The SMILES string of the molecule is COc1cc(OC)c(C(C)(C)F)cc1CNO. The van der Waals surface area contributed by atoms with Gasteiger partial charge in [0, 0.05) is 23.7 Å². The molecule has 0 aliphatic rings. The van der Waals surface area contributed by atoms with Gasteiger partial charge < -0.3 is 14.7 Å². The van der Waals surface area contributed by atoms with Gasteiger partial charge in [0.05, 0.1) is 14.2 Å². The molecule has 0 heterocycles. The van der Waals surface area contributed by atoms with Crippen molar-refractivity contribution in [1.82, 2.24) is 5.48 Å². The molecule has 0 atom stereocenters. The molecule has 1 aromatic rings. The van der Waals surface area contributed by atoms with Gasteiger partial charge >= 0.3 is 0 Å². The molecule has 0 aliphatic heterocycles. The Hall–Kier alpha value is -1.33. The van der Waals surface area contributed by atoms with E-state index in [0.717, 1.165) is 0 Å². The maximum Gasteiger partial charge on any atom is 0.134 e. The Morgan fingerprint density at radius 3 is 2.24 bits per heavy atom. The third kappa shape index (κ3) is 3.08. The molecule has 5 heteroatoms. The Labute approximate surface area is 100 Å². The van der Waals surface area contributed by atoms with Crippen molar-refractivity contribution in [2.24, 2.45) is 0 Å². The average molecular weight is 243 g/mol. The molecule has 17 heavy (non-hydrogen) atoms. The number of hydrogen-bond acceptors (Lipinski definition) is 4. The molecule has 0 bridgehead atoms. The lowest BCUT2D eigenvalue weighted by Crippen LogP contribution is -2.14. The van der Waals surface area contributed by atoms with Gasteiger partial charge in [-0.1, -0.05) is 0 Å². The molecule has 0 saturated carbocycles. The summed E-state index contributed by atoms with van der Waals surface area (Å²) in [6.45, 7) is 3.08. The molecule has 0 aliphatic carbocycles. The van der Waals surface area contributed by atoms with E-state index in [2.05, 4.69) is 0 Å². The highest BCUT2D eigenvalue weighted by atomic mass is 19.1. The van der Waals surface area contributed by atoms with Crippen LogP contribution in [0.25, 0.3) is 0 Å². The Kier molecular flexibility index (Phi) is 4.31. The van der Waals surface area contributed by atoms with Crippen molar-refractivity contribution in [2.45, 2.75) is 26.1 Å². The number of hydroxylamine groups is 1. The number of benzene rings is 1. The number of ether oxygens (including phenoxy) is 2. The highest BCUT2D eigenvalue weighted by molar-refractivity contribution is 5.48. The molecule has 0 fully saturated rings. The van der Waals surface area contributed by atoms with Crippen molar-refractivity contribution in [2.75, 3.05) is 14.2 Å². The van der Waals surface area contributed by atoms with E-state index in [1.54, 1.807) is 12.1 Å². The number of halogens is 1. The minimum atomic E-state index is -1.53. The van der Waals surface area contributed by atoms with E-state index in [1.807, 2.05) is 5.48 Å². The van der Waals surface area contributed by atoms with Crippen LogP contribution in [0.3, 0.4) is 0 Å². The normalized spacial score (nSPS) is 11.4. The van der Waals surface area contributed by atoms with Gasteiger partial charge in [-0.15, -0.1) is 0 Å². The van der Waals surface area contributed by atoms with E-state index in [-0.39, 0.29) is 6.54 Å². The molecule has 0 spiro atoms. The zero-order chi connectivity index (χ0) is 13.1. The van der Waals surface area contributed by atoms with Crippen LogP contribution in [0.1, 0.15) is 25.0 Å². The summed E-state index contributed by atoms with van der Waals surface area (Å²) in [6.07, 6.45) is 0. The lowest BCUT2D eigenvalue weighted by molar-refractivity contribution is 0.159. The predicted octanol–water partition coefficient (Wildman–Crippen LogP) is 2.39. The minimum absolute atomic E-state index is 0.177. The monoisotopic (exact) mass is 243 g/mol. The summed E-state index contributed by atoms with van der Waals surface area (Å²) in [5.41, 5.74) is 1.59. The van der Waals surface area contributed by atoms with Crippen LogP contribution >= 0.6 is 0 Å². The first kappa shape index (κ1) is 13.7. The quantitative estimate of drug-likeness (QED) is 0.780. The molecule has 0 radical (unpaired) electrons. The molecule has 0 aromatic heterocycles. The number of hydrogen-bond donors (Lipinski definition) is 2. The molecule has 4 nitrogen and oxygen atoms in total. The first-order chi connectivity index (χ1) is 7.93. The van der Waals surface area contributed by atoms with Crippen molar-refractivity contribution in [3.8, 4) is 11.5 Å². The van der Waals surface area contributed by atoms with E-state index < -0.39 is 5.67 Å². The third-order valence-corrected chi connectivity index (χ3v) is 2.51. The molecule has 2 N–H and O–H groups in total. The molecule has 1 rings (SSSR count). The first-order valence-corrected chi connectivity index (χ1v) is 5.25. The van der Waals surface area contributed by atoms with Gasteiger partial charge in [0.2, 0.25) is 0 Å². The summed E-state index contributed by atoms with van der Waals surface area (Å²) in [6, 6.07) is 3.24. The standard InChI is InChI=1S/C12H18FNO3/c1-12(2,13)9-5-8(7-14-15)10(16-3)6-11(9)17-4/h5-6,14-15H,7H2,1-4H3. The van der Waals surface area contributed by atoms with Crippen LogP contribution in [0.5, 0.6) is 11.5 Å². The number of rotatable bonds is 5. The zero-order valence-electron chi connectivity index (χ0n) is 10.5. The number of nitrogens with one attached hydrogen (secondary N) is 1. The van der Waals surface area contributed by atoms with Gasteiger partial charge in [-0.2, -0.15) is 0 Å². The van der Waals surface area contributed by atoms with Crippen molar-refractivity contribution in [3.63, 3.8) is 0 Å². The first-order valence-electron chi connectivity index (χ1n) is 5.25. The highest BCUT2D eigenvalue weighted by Crippen LogP contribution is 2.37. The molecule has 0 amide bonds. The van der Waals surface area contributed by atoms with E-state index in [4.69, 9.17) is 14.7 Å². The van der Waals surface area contributed by atoms with E-state index in [0.29, 0.717) is 22.6 Å². The van der Waals surface area contributed by atoms with Crippen LogP contribution in [0.4, 0.5) is 4.39 Å². The largest absolute Gasteiger partial charge is 0.496 e. The molecule has 96 valence electrons. The molecule has 1 aromatic carbocycles. The fourth-order valence-electron chi connectivity index (χ4n) is 1.65. The third-order valence-electron chi connectivity index (χ3n) is 2.51. The van der Waals surface area contributed by atoms with Crippen LogP contribution < -0.4 is 15.0 Å². The summed E-state index contributed by atoms with van der Waals surface area (Å²) < 4.78 is 24.3. The maximum atomic E-state index is 14.0. The molecular weight excluding hydrogens is 225 g/mol. The smallest absolute Gasteiger partial charge is 0.134 e. The van der Waals surface area contributed by atoms with Crippen molar-refractivity contribution in [3.05, 3.63) is 23.3 Å². The van der Waals surface area contributed by atoms with E-state index in [9.17, 15) is 4.39 Å². The summed E-state index contributed by atoms with van der Waals surface area (Å²) in [4.78, 5) is 0. The second-order valence-electron chi connectivity index (χ2n) is 4.17. The Morgan fingerprint density at radius 2 is 1.82 bits per heavy atom. The van der Waals surface area contributed by atoms with Gasteiger partial charge in [-0.3, -0.25) is 0 Å². The fraction of sp³-hybridized carbons (Fsp3) is 0.500. The zero-order valence-corrected chi connectivity index (χ0v) is 10.5. The van der Waals surface area contributed by atoms with Gasteiger partial charge in [0.25, 0.3) is 0 Å². The predicted molar refractivity (Wildman–Crippen MR) is 62.3 cm³/mol. The van der Waals surface area contributed by atoms with Crippen molar-refractivity contribution >= 4 is 0 Å². The lowest BCUT2D eigenvalue weighted by atomic mass is 9.96. The molecule has 0 unspecified atom stereocenters. The fourth-order valence-corrected chi connectivity index (χ4v) is 1.65. The van der Waals surface area contributed by atoms with Crippen molar-refractivity contribution < 1.29 is 19.1 Å². The van der Waals surface area contributed by atoms with Gasteiger partial charge in [0.15, 0.2) is 0 Å². The van der Waals surface area contributed by atoms with Crippen LogP contribution in [-0.4, -0.2) is 19.4 Å². The summed E-state index contributed by atoms with van der Waals surface area (Å²) >= 11 is 0. The number of methoxy groups -OCH3 is 2. The van der Waals surface area contributed by atoms with Crippen LogP contribution in [0.15, 0.2) is 12.1 Å². The average Bonchev–Trinajstić information content (AvgIpc) is 2.27. The second-order valence-corrected chi connectivity index (χ2v) is 4.17. The van der Waals surface area contributed by atoms with Crippen LogP contribution in [0.2, 0.25) is 0 Å². The summed E-state index contributed by atoms with van der Waals surface area (Å²) in [5.74, 6) is 0.965. The lowest BCUT2D eigenvalue weighted by Gasteiger charge is -2.21.